The van der Waals surface area contributed by atoms with Crippen molar-refractivity contribution in [1.82, 2.24) is 10.6 Å². The van der Waals surface area contributed by atoms with E-state index in [1.165, 1.54) is 24.3 Å². The molecule has 37 heavy (non-hydrogen) atoms. The van der Waals surface area contributed by atoms with Gasteiger partial charge in [0.05, 0.1) is 17.5 Å². The number of nitriles is 1. The Labute approximate surface area is 213 Å². The molecular formula is C27H30F4N4O2. The summed E-state index contributed by atoms with van der Waals surface area (Å²) < 4.78 is 56.4. The molecule has 198 valence electrons. The zero-order valence-electron chi connectivity index (χ0n) is 20.7. The van der Waals surface area contributed by atoms with Gasteiger partial charge in [-0.2, -0.15) is 18.4 Å². The van der Waals surface area contributed by atoms with Crippen molar-refractivity contribution in [3.8, 4) is 17.2 Å². The van der Waals surface area contributed by atoms with Crippen molar-refractivity contribution in [2.45, 2.75) is 68.9 Å². The van der Waals surface area contributed by atoms with Gasteiger partial charge in [0.2, 0.25) is 11.8 Å². The highest BCUT2D eigenvalue weighted by molar-refractivity contribution is 5.88. The van der Waals surface area contributed by atoms with Gasteiger partial charge >= 0.3 is 6.18 Å². The maximum atomic E-state index is 14.3. The highest BCUT2D eigenvalue weighted by Crippen LogP contribution is 2.44. The molecule has 1 aliphatic carbocycles. The SMILES string of the molecule is CC(C)(F)C[C@H](N[C@@H](c1ccc(-c2ccc(C3(C(N)=O)CCC3)cc2)cc1)C(F)(F)F)C(=O)NCC#N. The minimum Gasteiger partial charge on any atom is -0.369 e. The van der Waals surface area contributed by atoms with Crippen LogP contribution in [0.15, 0.2) is 48.5 Å². The summed E-state index contributed by atoms with van der Waals surface area (Å²) in [5.74, 6) is -1.25. The molecular weight excluding hydrogens is 488 g/mol. The molecule has 2 atom stereocenters. The summed E-state index contributed by atoms with van der Waals surface area (Å²) in [6, 6.07) is 10.8. The van der Waals surface area contributed by atoms with Gasteiger partial charge < -0.3 is 11.1 Å². The molecule has 0 bridgehead atoms. The number of nitrogens with zero attached hydrogens (tertiary/aromatic N) is 1. The summed E-state index contributed by atoms with van der Waals surface area (Å²) in [4.78, 5) is 24.3. The second-order valence-electron chi connectivity index (χ2n) is 9.99. The number of amides is 2. The number of benzene rings is 2. The van der Waals surface area contributed by atoms with Crippen LogP contribution in [-0.2, 0) is 15.0 Å². The van der Waals surface area contributed by atoms with Crippen LogP contribution < -0.4 is 16.4 Å². The molecule has 0 heterocycles. The van der Waals surface area contributed by atoms with E-state index in [1.807, 2.05) is 12.1 Å². The van der Waals surface area contributed by atoms with Crippen LogP contribution in [-0.4, -0.2) is 36.2 Å². The van der Waals surface area contributed by atoms with E-state index < -0.39 is 48.2 Å². The van der Waals surface area contributed by atoms with Crippen LogP contribution in [0.4, 0.5) is 17.6 Å². The van der Waals surface area contributed by atoms with Crippen molar-refractivity contribution in [2.75, 3.05) is 6.54 Å². The number of rotatable bonds is 10. The molecule has 2 aromatic rings. The van der Waals surface area contributed by atoms with Gasteiger partial charge in [-0.25, -0.2) is 4.39 Å². The largest absolute Gasteiger partial charge is 0.407 e. The van der Waals surface area contributed by atoms with Crippen molar-refractivity contribution in [3.05, 3.63) is 59.7 Å². The van der Waals surface area contributed by atoms with Crippen molar-refractivity contribution < 1.29 is 27.2 Å². The van der Waals surface area contributed by atoms with E-state index in [1.54, 1.807) is 18.2 Å². The Balaban J connectivity index is 1.84. The van der Waals surface area contributed by atoms with E-state index in [-0.39, 0.29) is 11.5 Å². The standard InChI is InChI=1S/C27H30F4N4O2/c1-25(2,28)16-21(23(36)34-15-14-32)35-22(27(29,30)31)19-6-4-17(5-7-19)18-8-10-20(11-9-18)26(24(33)37)12-3-13-26/h4-11,21-22,35H,3,12-13,15-16H2,1-2H3,(H2,33,37)(H,34,36)/t21-,22-/m0/s1. The first-order valence-corrected chi connectivity index (χ1v) is 11.9. The van der Waals surface area contributed by atoms with E-state index in [2.05, 4.69) is 10.6 Å². The molecule has 4 N–H and O–H groups in total. The Kier molecular flexibility index (Phi) is 8.28. The van der Waals surface area contributed by atoms with Crippen LogP contribution in [0.3, 0.4) is 0 Å². The average molecular weight is 519 g/mol. The van der Waals surface area contributed by atoms with Gasteiger partial charge in [-0.05, 0) is 48.9 Å². The zero-order valence-corrected chi connectivity index (χ0v) is 20.7. The molecule has 1 aliphatic rings. The molecule has 6 nitrogen and oxygen atoms in total. The summed E-state index contributed by atoms with van der Waals surface area (Å²) in [6.07, 6.45) is -2.99. The van der Waals surface area contributed by atoms with Crippen molar-refractivity contribution >= 4 is 11.8 Å². The maximum absolute atomic E-state index is 14.3. The van der Waals surface area contributed by atoms with Gasteiger partial charge in [-0.15, -0.1) is 0 Å². The summed E-state index contributed by atoms with van der Waals surface area (Å²) in [7, 11) is 0. The number of alkyl halides is 4. The van der Waals surface area contributed by atoms with Crippen LogP contribution in [0.1, 0.15) is 56.7 Å². The second-order valence-corrected chi connectivity index (χ2v) is 9.99. The van der Waals surface area contributed by atoms with Crippen LogP contribution >= 0.6 is 0 Å². The van der Waals surface area contributed by atoms with E-state index in [9.17, 15) is 27.2 Å². The van der Waals surface area contributed by atoms with Gasteiger partial charge in [0, 0.05) is 6.42 Å². The summed E-state index contributed by atoms with van der Waals surface area (Å²) >= 11 is 0. The third-order valence-electron chi connectivity index (χ3n) is 6.74. The van der Waals surface area contributed by atoms with Gasteiger partial charge in [-0.1, -0.05) is 55.0 Å². The van der Waals surface area contributed by atoms with Gasteiger partial charge in [0.1, 0.15) is 18.3 Å². The Hall–Kier alpha value is -3.45. The van der Waals surface area contributed by atoms with Crippen molar-refractivity contribution in [2.24, 2.45) is 5.73 Å². The highest BCUT2D eigenvalue weighted by atomic mass is 19.4. The number of nitrogens with one attached hydrogen (secondary N) is 2. The van der Waals surface area contributed by atoms with E-state index in [0.717, 1.165) is 31.4 Å². The normalized spacial score (nSPS) is 16.7. The topological polar surface area (TPSA) is 108 Å². The lowest BCUT2D eigenvalue weighted by atomic mass is 9.64. The smallest absolute Gasteiger partial charge is 0.369 e. The zero-order chi connectivity index (χ0) is 27.4. The Morgan fingerprint density at radius 1 is 1.03 bits per heavy atom. The molecule has 1 saturated carbocycles. The quantitative estimate of drug-likeness (QED) is 0.316. The van der Waals surface area contributed by atoms with Gasteiger partial charge in [0.15, 0.2) is 0 Å². The van der Waals surface area contributed by atoms with E-state index >= 15 is 0 Å². The van der Waals surface area contributed by atoms with Crippen LogP contribution in [0.25, 0.3) is 11.1 Å². The molecule has 3 rings (SSSR count). The number of carbonyl (C=O) groups is 2. The monoisotopic (exact) mass is 518 g/mol. The lowest BCUT2D eigenvalue weighted by molar-refractivity contribution is -0.161. The number of hydrogen-bond acceptors (Lipinski definition) is 4. The third kappa shape index (κ3) is 6.66. The van der Waals surface area contributed by atoms with Crippen LogP contribution in [0, 0.1) is 11.3 Å². The van der Waals surface area contributed by atoms with E-state index in [4.69, 9.17) is 11.0 Å². The van der Waals surface area contributed by atoms with Crippen molar-refractivity contribution in [3.63, 3.8) is 0 Å². The number of carbonyl (C=O) groups excluding carboxylic acids is 2. The fourth-order valence-corrected chi connectivity index (χ4v) is 4.60. The Morgan fingerprint density at radius 2 is 1.57 bits per heavy atom. The summed E-state index contributed by atoms with van der Waals surface area (Å²) in [6.45, 7) is 1.92. The first-order valence-electron chi connectivity index (χ1n) is 11.9. The third-order valence-corrected chi connectivity index (χ3v) is 6.74. The summed E-state index contributed by atoms with van der Waals surface area (Å²) in [5, 5.41) is 13.1. The highest BCUT2D eigenvalue weighted by Gasteiger charge is 2.45. The first-order chi connectivity index (χ1) is 17.3. The molecule has 0 radical (unpaired) electrons. The van der Waals surface area contributed by atoms with Crippen molar-refractivity contribution in [1.29, 1.82) is 5.26 Å². The fraction of sp³-hybridized carbons (Fsp3) is 0.444. The molecule has 0 unspecified atom stereocenters. The molecule has 0 saturated heterocycles. The average Bonchev–Trinajstić information content (AvgIpc) is 2.78. The minimum absolute atomic E-state index is 0.148. The molecule has 10 heteroatoms. The van der Waals surface area contributed by atoms with Crippen LogP contribution in [0.2, 0.25) is 0 Å². The number of nitrogens with two attached hydrogens (primary N) is 1. The lowest BCUT2D eigenvalue weighted by Crippen LogP contribution is -2.51. The summed E-state index contributed by atoms with van der Waals surface area (Å²) in [5.41, 5.74) is 5.11. The fourth-order valence-electron chi connectivity index (χ4n) is 4.60. The number of halogens is 4. The molecule has 0 aliphatic heterocycles. The minimum atomic E-state index is -4.77. The maximum Gasteiger partial charge on any atom is 0.407 e. The van der Waals surface area contributed by atoms with Crippen LogP contribution in [0.5, 0.6) is 0 Å². The molecule has 2 amide bonds. The molecule has 1 fully saturated rings. The second kappa shape index (κ2) is 10.9. The first kappa shape index (κ1) is 28.1. The van der Waals surface area contributed by atoms with Gasteiger partial charge in [-0.3, -0.25) is 14.9 Å². The van der Waals surface area contributed by atoms with E-state index in [0.29, 0.717) is 18.4 Å². The Bertz CT molecular complexity index is 1150. The van der Waals surface area contributed by atoms with Gasteiger partial charge in [0.25, 0.3) is 0 Å². The lowest BCUT2D eigenvalue weighted by Gasteiger charge is -2.39. The predicted octanol–water partition coefficient (Wildman–Crippen LogP) is 4.60. The molecule has 0 aromatic heterocycles. The predicted molar refractivity (Wildman–Crippen MR) is 131 cm³/mol. The molecule has 0 spiro atoms. The Morgan fingerprint density at radius 3 is 1.97 bits per heavy atom. The molecule has 2 aromatic carbocycles. The number of primary amides is 1. The number of hydrogen-bond donors (Lipinski definition) is 3.